The maximum Gasteiger partial charge on any atom is 0.317 e. The van der Waals surface area contributed by atoms with Crippen molar-refractivity contribution in [1.82, 2.24) is 15.1 Å². The van der Waals surface area contributed by atoms with Crippen LogP contribution in [0.2, 0.25) is 0 Å². The van der Waals surface area contributed by atoms with Crippen LogP contribution in [-0.2, 0) is 6.42 Å². The van der Waals surface area contributed by atoms with Gasteiger partial charge in [0.15, 0.2) is 0 Å². The van der Waals surface area contributed by atoms with Crippen LogP contribution in [-0.4, -0.2) is 62.2 Å². The summed E-state index contributed by atoms with van der Waals surface area (Å²) in [4.78, 5) is 16.5. The number of urea groups is 1. The van der Waals surface area contributed by atoms with E-state index in [4.69, 9.17) is 4.74 Å². The van der Waals surface area contributed by atoms with Crippen LogP contribution in [0.1, 0.15) is 25.8 Å². The van der Waals surface area contributed by atoms with Gasteiger partial charge in [0.2, 0.25) is 0 Å². The molecule has 0 radical (unpaired) electrons. The largest absolute Gasteiger partial charge is 0.497 e. The van der Waals surface area contributed by atoms with Crippen molar-refractivity contribution in [3.63, 3.8) is 0 Å². The lowest BCUT2D eigenvalue weighted by molar-refractivity contribution is 0.140. The first-order chi connectivity index (χ1) is 11.6. The summed E-state index contributed by atoms with van der Waals surface area (Å²) in [5.41, 5.74) is 1.32. The van der Waals surface area contributed by atoms with Gasteiger partial charge in [0.05, 0.1) is 7.11 Å². The molecule has 5 nitrogen and oxygen atoms in total. The van der Waals surface area contributed by atoms with Gasteiger partial charge in [0.1, 0.15) is 5.75 Å². The molecule has 0 aliphatic carbocycles. The van der Waals surface area contributed by atoms with E-state index in [2.05, 4.69) is 36.2 Å². The Morgan fingerprint density at radius 3 is 2.42 bits per heavy atom. The Kier molecular flexibility index (Phi) is 7.37. The minimum atomic E-state index is 0.0884. The predicted octanol–water partition coefficient (Wildman–Crippen LogP) is 2.61. The van der Waals surface area contributed by atoms with E-state index >= 15 is 0 Å². The van der Waals surface area contributed by atoms with Crippen molar-refractivity contribution in [2.45, 2.75) is 26.7 Å². The third kappa shape index (κ3) is 6.04. The summed E-state index contributed by atoms with van der Waals surface area (Å²) in [7, 11) is 1.69. The molecular formula is C19H31N3O2. The van der Waals surface area contributed by atoms with Crippen molar-refractivity contribution in [3.05, 3.63) is 29.8 Å². The molecule has 0 atom stereocenters. The van der Waals surface area contributed by atoms with Crippen molar-refractivity contribution in [3.8, 4) is 5.75 Å². The molecule has 24 heavy (non-hydrogen) atoms. The van der Waals surface area contributed by atoms with E-state index in [0.717, 1.165) is 57.9 Å². The third-order valence-electron chi connectivity index (χ3n) is 4.53. The highest BCUT2D eigenvalue weighted by atomic mass is 16.5. The van der Waals surface area contributed by atoms with E-state index in [9.17, 15) is 4.79 Å². The summed E-state index contributed by atoms with van der Waals surface area (Å²) in [6.07, 6.45) is 2.07. The Morgan fingerprint density at radius 1 is 1.17 bits per heavy atom. The Labute approximate surface area is 146 Å². The number of nitrogens with zero attached hydrogens (tertiary/aromatic N) is 2. The van der Waals surface area contributed by atoms with Crippen LogP contribution in [0.3, 0.4) is 0 Å². The number of methoxy groups -OCH3 is 1. The number of hydrogen-bond acceptors (Lipinski definition) is 3. The number of carbonyl (C=O) groups is 1. The number of rotatable bonds is 7. The van der Waals surface area contributed by atoms with E-state index in [1.807, 2.05) is 17.0 Å². The van der Waals surface area contributed by atoms with E-state index in [1.165, 1.54) is 5.56 Å². The van der Waals surface area contributed by atoms with Crippen molar-refractivity contribution in [1.29, 1.82) is 0 Å². The number of amides is 2. The molecule has 0 spiro atoms. The summed E-state index contributed by atoms with van der Waals surface area (Å²) >= 11 is 0. The molecule has 0 aromatic heterocycles. The molecule has 134 valence electrons. The molecule has 0 bridgehead atoms. The monoisotopic (exact) mass is 333 g/mol. The van der Waals surface area contributed by atoms with Gasteiger partial charge in [-0.1, -0.05) is 26.0 Å². The van der Waals surface area contributed by atoms with Gasteiger partial charge in [-0.25, -0.2) is 4.79 Å². The van der Waals surface area contributed by atoms with Crippen molar-refractivity contribution < 1.29 is 9.53 Å². The molecule has 1 aliphatic heterocycles. The van der Waals surface area contributed by atoms with Crippen molar-refractivity contribution in [2.24, 2.45) is 5.92 Å². The molecule has 5 heteroatoms. The first kappa shape index (κ1) is 18.6. The van der Waals surface area contributed by atoms with E-state index in [1.54, 1.807) is 7.11 Å². The minimum Gasteiger partial charge on any atom is -0.497 e. The van der Waals surface area contributed by atoms with Crippen LogP contribution in [0.4, 0.5) is 4.79 Å². The fourth-order valence-corrected chi connectivity index (χ4v) is 2.83. The lowest BCUT2D eigenvalue weighted by Gasteiger charge is -2.34. The molecule has 0 unspecified atom stereocenters. The quantitative estimate of drug-likeness (QED) is 0.834. The second-order valence-electron chi connectivity index (χ2n) is 6.84. The number of ether oxygens (including phenoxy) is 1. The van der Waals surface area contributed by atoms with Crippen LogP contribution in [0, 0.1) is 5.92 Å². The number of benzene rings is 1. The van der Waals surface area contributed by atoms with E-state index < -0.39 is 0 Å². The standard InChI is InChI=1S/C19H31N3O2/c1-16(2)8-10-20-19(23)22-14-12-21(13-15-22)11-9-17-4-6-18(24-3)7-5-17/h4-7,16H,8-15H2,1-3H3,(H,20,23). The smallest absolute Gasteiger partial charge is 0.317 e. The molecule has 1 aliphatic rings. The zero-order valence-corrected chi connectivity index (χ0v) is 15.3. The Morgan fingerprint density at radius 2 is 1.83 bits per heavy atom. The molecular weight excluding hydrogens is 302 g/mol. The minimum absolute atomic E-state index is 0.0884. The second kappa shape index (κ2) is 9.52. The normalized spacial score (nSPS) is 15.6. The molecule has 1 N–H and O–H groups in total. The number of nitrogens with one attached hydrogen (secondary N) is 1. The highest BCUT2D eigenvalue weighted by Gasteiger charge is 2.20. The third-order valence-corrected chi connectivity index (χ3v) is 4.53. The molecule has 1 heterocycles. The van der Waals surface area contributed by atoms with E-state index in [0.29, 0.717) is 5.92 Å². The average Bonchev–Trinajstić information content (AvgIpc) is 2.60. The summed E-state index contributed by atoms with van der Waals surface area (Å²) in [5.74, 6) is 1.52. The topological polar surface area (TPSA) is 44.8 Å². The zero-order valence-electron chi connectivity index (χ0n) is 15.3. The Balaban J connectivity index is 1.65. The van der Waals surface area contributed by atoms with Gasteiger partial charge in [-0.3, -0.25) is 4.90 Å². The average molecular weight is 333 g/mol. The van der Waals surface area contributed by atoms with Gasteiger partial charge < -0.3 is 15.0 Å². The van der Waals surface area contributed by atoms with E-state index in [-0.39, 0.29) is 6.03 Å². The number of carbonyl (C=O) groups excluding carboxylic acids is 1. The van der Waals surface area contributed by atoms with Crippen LogP contribution in [0.15, 0.2) is 24.3 Å². The first-order valence-electron chi connectivity index (χ1n) is 8.96. The SMILES string of the molecule is COc1ccc(CCN2CCN(C(=O)NCCC(C)C)CC2)cc1. The number of piperazine rings is 1. The van der Waals surface area contributed by atoms with Gasteiger partial charge in [-0.05, 0) is 36.5 Å². The Bertz CT molecular complexity index is 494. The first-order valence-corrected chi connectivity index (χ1v) is 8.96. The summed E-state index contributed by atoms with van der Waals surface area (Å²) in [6, 6.07) is 8.35. The van der Waals surface area contributed by atoms with Gasteiger partial charge in [0.25, 0.3) is 0 Å². The van der Waals surface area contributed by atoms with Crippen molar-refractivity contribution in [2.75, 3.05) is 46.4 Å². The summed E-state index contributed by atoms with van der Waals surface area (Å²) in [6.45, 7) is 9.69. The highest BCUT2D eigenvalue weighted by Crippen LogP contribution is 2.12. The maximum absolute atomic E-state index is 12.1. The van der Waals surface area contributed by atoms with Crippen LogP contribution < -0.4 is 10.1 Å². The molecule has 1 aromatic rings. The zero-order chi connectivity index (χ0) is 17.4. The van der Waals surface area contributed by atoms with Crippen molar-refractivity contribution >= 4 is 6.03 Å². The summed E-state index contributed by atoms with van der Waals surface area (Å²) < 4.78 is 5.18. The predicted molar refractivity (Wildman–Crippen MR) is 97.6 cm³/mol. The molecule has 0 saturated carbocycles. The fraction of sp³-hybridized carbons (Fsp3) is 0.632. The maximum atomic E-state index is 12.1. The molecule has 1 aromatic carbocycles. The fourth-order valence-electron chi connectivity index (χ4n) is 2.83. The second-order valence-corrected chi connectivity index (χ2v) is 6.84. The van der Waals surface area contributed by atoms with Crippen LogP contribution >= 0.6 is 0 Å². The lowest BCUT2D eigenvalue weighted by atomic mass is 10.1. The molecule has 2 rings (SSSR count). The van der Waals surface area contributed by atoms with Crippen LogP contribution in [0.25, 0.3) is 0 Å². The van der Waals surface area contributed by atoms with Gasteiger partial charge >= 0.3 is 6.03 Å². The molecule has 1 saturated heterocycles. The van der Waals surface area contributed by atoms with Crippen LogP contribution in [0.5, 0.6) is 5.75 Å². The molecule has 2 amide bonds. The Hall–Kier alpha value is -1.75. The van der Waals surface area contributed by atoms with Gasteiger partial charge in [0, 0.05) is 39.3 Å². The highest BCUT2D eigenvalue weighted by molar-refractivity contribution is 5.74. The van der Waals surface area contributed by atoms with Gasteiger partial charge in [-0.2, -0.15) is 0 Å². The lowest BCUT2D eigenvalue weighted by Crippen LogP contribution is -2.52. The van der Waals surface area contributed by atoms with Gasteiger partial charge in [-0.15, -0.1) is 0 Å². The summed E-state index contributed by atoms with van der Waals surface area (Å²) in [5, 5.41) is 3.02. The molecule has 1 fully saturated rings. The number of hydrogen-bond donors (Lipinski definition) is 1.